The number of halogens is 2. The van der Waals surface area contributed by atoms with Crippen molar-refractivity contribution in [1.29, 1.82) is 0 Å². The summed E-state index contributed by atoms with van der Waals surface area (Å²) in [6.07, 6.45) is 1.10. The summed E-state index contributed by atoms with van der Waals surface area (Å²) in [6, 6.07) is 0. The van der Waals surface area contributed by atoms with E-state index in [2.05, 4.69) is 5.32 Å². The van der Waals surface area contributed by atoms with E-state index in [-0.39, 0.29) is 19.4 Å². The largest absolute Gasteiger partial charge is 0.444 e. The molecule has 0 atom stereocenters. The number of carbonyl (C=O) groups is 1. The number of alkyl halides is 2. The van der Waals surface area contributed by atoms with E-state index in [4.69, 9.17) is 14.6 Å². The fraction of sp³-hybridized carbons (Fsp3) is 0.944. The molecule has 2 rings (SSSR count). The Morgan fingerprint density at radius 3 is 2.08 bits per heavy atom. The summed E-state index contributed by atoms with van der Waals surface area (Å²) in [5.74, 6) is 0. The van der Waals surface area contributed by atoms with Crippen molar-refractivity contribution in [2.24, 2.45) is 0 Å². The van der Waals surface area contributed by atoms with E-state index in [1.165, 1.54) is 4.90 Å². The standard InChI is InChI=1S/C11H20FNO3.C7H14FNO/c1-10(2,3)16-9(15)13-6-4-11(12,8-14)5-7-13;1-10-6-7(8)2-4-9-5-3-7/h14H,4-8H2,1-3H3;9H,2-6H2,1H3. The number of amides is 1. The highest BCUT2D eigenvalue weighted by Gasteiger charge is 2.36. The molecule has 6 nitrogen and oxygen atoms in total. The van der Waals surface area contributed by atoms with Gasteiger partial charge in [-0.25, -0.2) is 13.6 Å². The van der Waals surface area contributed by atoms with Gasteiger partial charge in [-0.1, -0.05) is 0 Å². The molecule has 8 heteroatoms. The van der Waals surface area contributed by atoms with Gasteiger partial charge in [0.1, 0.15) is 16.9 Å². The van der Waals surface area contributed by atoms with Gasteiger partial charge in [0.05, 0.1) is 13.2 Å². The Morgan fingerprint density at radius 2 is 1.65 bits per heavy atom. The van der Waals surface area contributed by atoms with E-state index in [9.17, 15) is 13.6 Å². The zero-order chi connectivity index (χ0) is 19.8. The number of piperidine rings is 2. The van der Waals surface area contributed by atoms with Gasteiger partial charge >= 0.3 is 6.09 Å². The summed E-state index contributed by atoms with van der Waals surface area (Å²) in [5, 5.41) is 12.0. The van der Waals surface area contributed by atoms with Gasteiger partial charge in [-0.05, 0) is 46.7 Å². The van der Waals surface area contributed by atoms with Crippen molar-refractivity contribution in [3.05, 3.63) is 0 Å². The van der Waals surface area contributed by atoms with E-state index in [1.807, 2.05) is 0 Å². The van der Waals surface area contributed by atoms with Crippen molar-refractivity contribution in [2.45, 2.75) is 63.4 Å². The number of rotatable bonds is 3. The minimum Gasteiger partial charge on any atom is -0.444 e. The number of carbonyl (C=O) groups excluding carboxylic acids is 1. The van der Waals surface area contributed by atoms with Gasteiger partial charge < -0.3 is 24.8 Å². The van der Waals surface area contributed by atoms with Crippen molar-refractivity contribution >= 4 is 6.09 Å². The van der Waals surface area contributed by atoms with Crippen molar-refractivity contribution in [3.8, 4) is 0 Å². The van der Waals surface area contributed by atoms with Gasteiger partial charge in [-0.15, -0.1) is 0 Å². The molecule has 2 N–H and O–H groups in total. The summed E-state index contributed by atoms with van der Waals surface area (Å²) < 4.78 is 37.0. The van der Waals surface area contributed by atoms with E-state index < -0.39 is 29.6 Å². The zero-order valence-corrected chi connectivity index (χ0v) is 16.4. The lowest BCUT2D eigenvalue weighted by Crippen LogP contribution is -2.47. The number of nitrogens with zero attached hydrogens (tertiary/aromatic N) is 1. The highest BCUT2D eigenvalue weighted by Crippen LogP contribution is 2.26. The molecule has 2 saturated heterocycles. The van der Waals surface area contributed by atoms with Crippen molar-refractivity contribution in [3.63, 3.8) is 0 Å². The Kier molecular flexibility index (Phi) is 8.69. The fourth-order valence-corrected chi connectivity index (χ4v) is 2.85. The molecule has 0 saturated carbocycles. The van der Waals surface area contributed by atoms with Crippen LogP contribution in [0.3, 0.4) is 0 Å². The minimum absolute atomic E-state index is 0.169. The molecule has 0 aliphatic carbocycles. The maximum absolute atomic E-state index is 13.6. The van der Waals surface area contributed by atoms with E-state index in [1.54, 1.807) is 27.9 Å². The molecule has 2 aliphatic heterocycles. The molecule has 26 heavy (non-hydrogen) atoms. The van der Waals surface area contributed by atoms with Crippen LogP contribution >= 0.6 is 0 Å². The van der Waals surface area contributed by atoms with Gasteiger partial charge in [0.2, 0.25) is 0 Å². The Labute approximate surface area is 155 Å². The molecule has 0 aromatic heterocycles. The van der Waals surface area contributed by atoms with Crippen LogP contribution in [-0.2, 0) is 9.47 Å². The maximum Gasteiger partial charge on any atom is 0.410 e. The van der Waals surface area contributed by atoms with Crippen molar-refractivity contribution < 1.29 is 28.2 Å². The third kappa shape index (κ3) is 8.14. The average molecular weight is 380 g/mol. The highest BCUT2D eigenvalue weighted by molar-refractivity contribution is 5.68. The molecule has 0 bridgehead atoms. The number of aliphatic hydroxyl groups excluding tert-OH is 1. The molecule has 1 amide bonds. The van der Waals surface area contributed by atoms with Gasteiger partial charge in [-0.2, -0.15) is 0 Å². The van der Waals surface area contributed by atoms with Crippen LogP contribution in [0, 0.1) is 0 Å². The second-order valence-corrected chi connectivity index (χ2v) is 8.11. The van der Waals surface area contributed by atoms with Crippen LogP contribution in [0.1, 0.15) is 46.5 Å². The summed E-state index contributed by atoms with van der Waals surface area (Å²) in [5.41, 5.74) is -3.11. The first-order valence-electron chi connectivity index (χ1n) is 9.19. The highest BCUT2D eigenvalue weighted by atomic mass is 19.1. The number of methoxy groups -OCH3 is 1. The quantitative estimate of drug-likeness (QED) is 0.787. The molecule has 2 aliphatic rings. The Bertz CT molecular complexity index is 424. The topological polar surface area (TPSA) is 71.0 Å². The molecular weight excluding hydrogens is 346 g/mol. The maximum atomic E-state index is 13.6. The lowest BCUT2D eigenvalue weighted by atomic mass is 9.95. The summed E-state index contributed by atoms with van der Waals surface area (Å²) >= 11 is 0. The Hall–Kier alpha value is -0.990. The van der Waals surface area contributed by atoms with Crippen LogP contribution in [0.5, 0.6) is 0 Å². The van der Waals surface area contributed by atoms with Crippen LogP contribution in [0.2, 0.25) is 0 Å². The first-order chi connectivity index (χ1) is 12.0. The van der Waals surface area contributed by atoms with Crippen LogP contribution in [0.25, 0.3) is 0 Å². The molecular formula is C18H34F2N2O4. The van der Waals surface area contributed by atoms with Crippen LogP contribution in [0.4, 0.5) is 13.6 Å². The van der Waals surface area contributed by atoms with E-state index in [0.717, 1.165) is 13.1 Å². The normalized spacial score (nSPS) is 22.2. The SMILES string of the molecule is CC(C)(C)OC(=O)N1CCC(F)(CO)CC1.COCC1(F)CCNCC1. The molecule has 2 fully saturated rings. The molecule has 0 aromatic carbocycles. The predicted molar refractivity (Wildman–Crippen MR) is 95.8 cm³/mol. The molecule has 0 unspecified atom stereocenters. The monoisotopic (exact) mass is 380 g/mol. The summed E-state index contributed by atoms with van der Waals surface area (Å²) in [4.78, 5) is 13.1. The third-order valence-electron chi connectivity index (χ3n) is 4.50. The lowest BCUT2D eigenvalue weighted by Gasteiger charge is -2.36. The van der Waals surface area contributed by atoms with Gasteiger partial charge in [0.15, 0.2) is 0 Å². The molecule has 2 heterocycles. The minimum atomic E-state index is -1.53. The predicted octanol–water partition coefficient (Wildman–Crippen LogP) is 2.44. The van der Waals surface area contributed by atoms with Crippen LogP contribution in [0.15, 0.2) is 0 Å². The van der Waals surface area contributed by atoms with Crippen molar-refractivity contribution in [1.82, 2.24) is 10.2 Å². The summed E-state index contributed by atoms with van der Waals surface area (Å²) in [7, 11) is 1.55. The average Bonchev–Trinajstić information content (AvgIpc) is 2.55. The second-order valence-electron chi connectivity index (χ2n) is 8.11. The number of hydrogen-bond acceptors (Lipinski definition) is 5. The molecule has 0 spiro atoms. The number of ether oxygens (including phenoxy) is 2. The number of aliphatic hydroxyl groups is 1. The smallest absolute Gasteiger partial charge is 0.410 e. The van der Waals surface area contributed by atoms with Crippen LogP contribution in [-0.4, -0.2) is 79.5 Å². The van der Waals surface area contributed by atoms with E-state index in [0.29, 0.717) is 25.9 Å². The third-order valence-corrected chi connectivity index (χ3v) is 4.50. The first kappa shape index (κ1) is 23.0. The lowest BCUT2D eigenvalue weighted by molar-refractivity contribution is -0.0132. The molecule has 0 radical (unpaired) electrons. The second kappa shape index (κ2) is 9.80. The van der Waals surface area contributed by atoms with Crippen molar-refractivity contribution in [2.75, 3.05) is 46.5 Å². The summed E-state index contributed by atoms with van der Waals surface area (Å²) in [6.45, 7) is 7.30. The number of hydrogen-bond donors (Lipinski definition) is 2. The van der Waals surface area contributed by atoms with Gasteiger partial charge in [0.25, 0.3) is 0 Å². The van der Waals surface area contributed by atoms with E-state index >= 15 is 0 Å². The molecule has 0 aromatic rings. The Morgan fingerprint density at radius 1 is 1.12 bits per heavy atom. The van der Waals surface area contributed by atoms with Gasteiger partial charge in [0, 0.05) is 33.0 Å². The number of likely N-dealkylation sites (tertiary alicyclic amines) is 1. The number of nitrogens with one attached hydrogen (secondary N) is 1. The first-order valence-corrected chi connectivity index (χ1v) is 9.19. The fourth-order valence-electron chi connectivity index (χ4n) is 2.85. The van der Waals surface area contributed by atoms with Crippen LogP contribution < -0.4 is 5.32 Å². The zero-order valence-electron chi connectivity index (χ0n) is 16.4. The van der Waals surface area contributed by atoms with Gasteiger partial charge in [-0.3, -0.25) is 0 Å². The Balaban J connectivity index is 0.000000289. The molecule has 154 valence electrons.